The van der Waals surface area contributed by atoms with Crippen molar-refractivity contribution in [1.82, 2.24) is 20.3 Å². The number of amides is 1. The Morgan fingerprint density at radius 1 is 1.05 bits per heavy atom. The minimum Gasteiger partial charge on any atom is -0.497 e. The molecule has 0 bridgehead atoms. The molecule has 1 N–H and O–H groups in total. The van der Waals surface area contributed by atoms with Gasteiger partial charge in [-0.2, -0.15) is 5.10 Å². The van der Waals surface area contributed by atoms with Crippen LogP contribution in [0.3, 0.4) is 0 Å². The number of rotatable bonds is 8. The molecular formula is C28H25FN4O4. The smallest absolute Gasteiger partial charge is 0.273 e. The minimum absolute atomic E-state index is 0.198. The highest BCUT2D eigenvalue weighted by Crippen LogP contribution is 2.30. The third kappa shape index (κ3) is 5.16. The summed E-state index contributed by atoms with van der Waals surface area (Å²) in [6.07, 6.45) is 1.18. The first kappa shape index (κ1) is 24.1. The number of nitrogens with one attached hydrogen (secondary N) is 1. The lowest BCUT2D eigenvalue weighted by Crippen LogP contribution is -2.39. The van der Waals surface area contributed by atoms with Gasteiger partial charge in [0.2, 0.25) is 0 Å². The van der Waals surface area contributed by atoms with E-state index in [0.29, 0.717) is 17.3 Å². The van der Waals surface area contributed by atoms with Gasteiger partial charge in [0.05, 0.1) is 30.6 Å². The van der Waals surface area contributed by atoms with Gasteiger partial charge in [-0.3, -0.25) is 4.79 Å². The van der Waals surface area contributed by atoms with Gasteiger partial charge >= 0.3 is 0 Å². The van der Waals surface area contributed by atoms with Crippen molar-refractivity contribution in [2.75, 3.05) is 7.11 Å². The average Bonchev–Trinajstić information content (AvgIpc) is 3.54. The molecule has 2 aromatic heterocycles. The number of aryl methyl sites for hydroxylation is 1. The van der Waals surface area contributed by atoms with Gasteiger partial charge in [0.25, 0.3) is 5.91 Å². The van der Waals surface area contributed by atoms with Crippen molar-refractivity contribution in [3.8, 4) is 17.2 Å². The lowest BCUT2D eigenvalue weighted by Gasteiger charge is -2.26. The van der Waals surface area contributed by atoms with E-state index in [1.807, 2.05) is 49.4 Å². The van der Waals surface area contributed by atoms with Crippen molar-refractivity contribution < 1.29 is 23.2 Å². The zero-order chi connectivity index (χ0) is 25.9. The standard InChI is InChI=1S/C28H25FN4O4/c1-17-13-25(32-37-17)28(34)31-18(2)27(19-5-4-6-23(14-19)35-3)36-24-11-12-26-20(15-24)16-30-33(26)22-9-7-21(29)8-10-22/h4-16,18,27H,1-3H3,(H,31,34)/t18-,27-/m0/s1. The van der Waals surface area contributed by atoms with E-state index in [9.17, 15) is 9.18 Å². The maximum atomic E-state index is 13.4. The van der Waals surface area contributed by atoms with Gasteiger partial charge in [0.1, 0.15) is 29.2 Å². The number of benzene rings is 3. The number of hydrogen-bond acceptors (Lipinski definition) is 6. The maximum Gasteiger partial charge on any atom is 0.273 e. The zero-order valence-electron chi connectivity index (χ0n) is 20.5. The van der Waals surface area contributed by atoms with Crippen molar-refractivity contribution in [1.29, 1.82) is 0 Å². The lowest BCUT2D eigenvalue weighted by atomic mass is 10.0. The normalized spacial score (nSPS) is 12.8. The van der Waals surface area contributed by atoms with Crippen LogP contribution < -0.4 is 14.8 Å². The highest BCUT2D eigenvalue weighted by atomic mass is 19.1. The van der Waals surface area contributed by atoms with E-state index < -0.39 is 12.1 Å². The monoisotopic (exact) mass is 500 g/mol. The Morgan fingerprint density at radius 2 is 1.86 bits per heavy atom. The number of halogens is 1. The molecule has 0 spiro atoms. The molecule has 0 saturated heterocycles. The summed E-state index contributed by atoms with van der Waals surface area (Å²) in [4.78, 5) is 12.8. The van der Waals surface area contributed by atoms with E-state index in [1.165, 1.54) is 12.1 Å². The number of ether oxygens (including phenoxy) is 2. The van der Waals surface area contributed by atoms with Gasteiger partial charge in [-0.1, -0.05) is 17.3 Å². The number of carbonyl (C=O) groups excluding carboxylic acids is 1. The van der Waals surface area contributed by atoms with Crippen LogP contribution in [0.25, 0.3) is 16.6 Å². The van der Waals surface area contributed by atoms with E-state index >= 15 is 0 Å². The Morgan fingerprint density at radius 3 is 2.59 bits per heavy atom. The van der Waals surface area contributed by atoms with Crippen molar-refractivity contribution in [2.45, 2.75) is 26.0 Å². The fourth-order valence-electron chi connectivity index (χ4n) is 4.13. The van der Waals surface area contributed by atoms with Crippen LogP contribution >= 0.6 is 0 Å². The summed E-state index contributed by atoms with van der Waals surface area (Å²) in [5.41, 5.74) is 2.62. The average molecular weight is 501 g/mol. The zero-order valence-corrected chi connectivity index (χ0v) is 20.5. The number of carbonyl (C=O) groups is 1. The van der Waals surface area contributed by atoms with Crippen LogP contribution in [0.15, 0.2) is 83.5 Å². The second kappa shape index (κ2) is 10.1. The maximum absolute atomic E-state index is 13.4. The molecule has 5 aromatic rings. The summed E-state index contributed by atoms with van der Waals surface area (Å²) < 4.78 is 32.0. The third-order valence-electron chi connectivity index (χ3n) is 5.97. The molecule has 2 heterocycles. The Hall–Kier alpha value is -4.66. The summed E-state index contributed by atoms with van der Waals surface area (Å²) in [6, 6.07) is 20.4. The second-order valence-corrected chi connectivity index (χ2v) is 8.65. The van der Waals surface area contributed by atoms with Crippen LogP contribution in [0.2, 0.25) is 0 Å². The molecule has 2 atom stereocenters. The molecule has 0 aliphatic carbocycles. The molecule has 1 amide bonds. The van der Waals surface area contributed by atoms with Crippen LogP contribution in [0.5, 0.6) is 11.5 Å². The fourth-order valence-corrected chi connectivity index (χ4v) is 4.13. The predicted molar refractivity (Wildman–Crippen MR) is 136 cm³/mol. The predicted octanol–water partition coefficient (Wildman–Crippen LogP) is 5.41. The molecule has 8 nitrogen and oxygen atoms in total. The number of fused-ring (bicyclic) bond motifs is 1. The van der Waals surface area contributed by atoms with Crippen molar-refractivity contribution in [3.63, 3.8) is 0 Å². The summed E-state index contributed by atoms with van der Waals surface area (Å²) in [7, 11) is 1.60. The van der Waals surface area contributed by atoms with Gasteiger partial charge < -0.3 is 19.3 Å². The summed E-state index contributed by atoms with van der Waals surface area (Å²) >= 11 is 0. The number of nitrogens with zero attached hydrogens (tertiary/aromatic N) is 3. The van der Waals surface area contributed by atoms with Gasteiger partial charge in [0, 0.05) is 11.5 Å². The molecule has 188 valence electrons. The van der Waals surface area contributed by atoms with Crippen molar-refractivity contribution in [2.24, 2.45) is 0 Å². The molecule has 3 aromatic carbocycles. The van der Waals surface area contributed by atoms with Crippen molar-refractivity contribution >= 4 is 16.8 Å². The summed E-state index contributed by atoms with van der Waals surface area (Å²) in [5, 5.41) is 12.1. The largest absolute Gasteiger partial charge is 0.497 e. The summed E-state index contributed by atoms with van der Waals surface area (Å²) in [5.74, 6) is 1.15. The van der Waals surface area contributed by atoms with Gasteiger partial charge in [-0.15, -0.1) is 0 Å². The highest BCUT2D eigenvalue weighted by Gasteiger charge is 2.25. The lowest BCUT2D eigenvalue weighted by molar-refractivity contribution is 0.0873. The first-order valence-corrected chi connectivity index (χ1v) is 11.7. The van der Waals surface area contributed by atoms with Crippen LogP contribution in [0.4, 0.5) is 4.39 Å². The van der Waals surface area contributed by atoms with Crippen molar-refractivity contribution in [3.05, 3.63) is 102 Å². The Bertz CT molecular complexity index is 1540. The molecule has 0 radical (unpaired) electrons. The molecule has 0 unspecified atom stereocenters. The van der Waals surface area contributed by atoms with Gasteiger partial charge in [0.15, 0.2) is 5.69 Å². The second-order valence-electron chi connectivity index (χ2n) is 8.65. The molecule has 0 aliphatic rings. The first-order chi connectivity index (χ1) is 17.9. The van der Waals surface area contributed by atoms with Crippen LogP contribution in [0, 0.1) is 12.7 Å². The molecule has 37 heavy (non-hydrogen) atoms. The van der Waals surface area contributed by atoms with E-state index in [-0.39, 0.29) is 17.4 Å². The molecule has 0 fully saturated rings. The molecular weight excluding hydrogens is 475 g/mol. The van der Waals surface area contributed by atoms with E-state index in [4.69, 9.17) is 14.0 Å². The van der Waals surface area contributed by atoms with Crippen LogP contribution in [-0.4, -0.2) is 34.0 Å². The number of hydrogen-bond donors (Lipinski definition) is 1. The molecule has 9 heteroatoms. The van der Waals surface area contributed by atoms with E-state index in [2.05, 4.69) is 15.6 Å². The number of aromatic nitrogens is 3. The number of methoxy groups -OCH3 is 1. The van der Waals surface area contributed by atoms with Gasteiger partial charge in [-0.25, -0.2) is 9.07 Å². The van der Waals surface area contributed by atoms with E-state index in [1.54, 1.807) is 43.1 Å². The van der Waals surface area contributed by atoms with Gasteiger partial charge in [-0.05, 0) is 74.0 Å². The Kier molecular flexibility index (Phi) is 6.59. The molecule has 0 aliphatic heterocycles. The summed E-state index contributed by atoms with van der Waals surface area (Å²) in [6.45, 7) is 3.59. The molecule has 5 rings (SSSR count). The Labute approximate surface area is 212 Å². The van der Waals surface area contributed by atoms with Crippen LogP contribution in [-0.2, 0) is 0 Å². The fraction of sp³-hybridized carbons (Fsp3) is 0.179. The van der Waals surface area contributed by atoms with Crippen LogP contribution in [0.1, 0.15) is 34.8 Å². The first-order valence-electron chi connectivity index (χ1n) is 11.7. The molecule has 0 saturated carbocycles. The quantitative estimate of drug-likeness (QED) is 0.306. The third-order valence-corrected chi connectivity index (χ3v) is 5.97. The minimum atomic E-state index is -0.545. The van der Waals surface area contributed by atoms with E-state index in [0.717, 1.165) is 22.2 Å². The Balaban J connectivity index is 1.44. The topological polar surface area (TPSA) is 91.4 Å². The highest BCUT2D eigenvalue weighted by molar-refractivity contribution is 5.92. The SMILES string of the molecule is COc1cccc([C@@H](Oc2ccc3c(cnn3-c3ccc(F)cc3)c2)[C@H](C)NC(=O)c2cc(C)on2)c1.